The van der Waals surface area contributed by atoms with Gasteiger partial charge < -0.3 is 5.73 Å². The fourth-order valence-electron chi connectivity index (χ4n) is 2.98. The second-order valence-electron chi connectivity index (χ2n) is 5.95. The third-order valence-corrected chi connectivity index (χ3v) is 6.11. The number of piperidine rings is 1. The van der Waals surface area contributed by atoms with E-state index in [1.165, 1.54) is 4.31 Å². The highest BCUT2D eigenvalue weighted by Crippen LogP contribution is 2.28. The van der Waals surface area contributed by atoms with Crippen molar-refractivity contribution in [2.45, 2.75) is 24.7 Å². The predicted octanol–water partition coefficient (Wildman–Crippen LogP) is 1.43. The average Bonchev–Trinajstić information content (AvgIpc) is 2.54. The maximum Gasteiger partial charge on any atom is 0.245 e. The zero-order chi connectivity index (χ0) is 16.6. The summed E-state index contributed by atoms with van der Waals surface area (Å²) in [5.41, 5.74) is 6.77. The Labute approximate surface area is 135 Å². The van der Waals surface area contributed by atoms with E-state index >= 15 is 0 Å². The fraction of sp³-hybridized carbons (Fsp3) is 0.375. The van der Waals surface area contributed by atoms with Gasteiger partial charge in [-0.25, -0.2) is 8.42 Å². The SMILES string of the molecule is Cc1cnc2c(S(=O)(=O)N3CCC[C@H](C(N)=O)C3)cccc2c1. The summed E-state index contributed by atoms with van der Waals surface area (Å²) in [5.74, 6) is -0.875. The number of carbonyl (C=O) groups excluding carboxylic acids is 1. The molecule has 2 heterocycles. The summed E-state index contributed by atoms with van der Waals surface area (Å²) in [4.78, 5) is 15.9. The van der Waals surface area contributed by atoms with E-state index in [1.807, 2.05) is 19.1 Å². The molecule has 122 valence electrons. The molecule has 1 fully saturated rings. The Hall–Kier alpha value is -1.99. The third-order valence-electron chi connectivity index (χ3n) is 4.21. The highest BCUT2D eigenvalue weighted by atomic mass is 32.2. The lowest BCUT2D eigenvalue weighted by Gasteiger charge is -2.30. The van der Waals surface area contributed by atoms with Crippen LogP contribution in [0.5, 0.6) is 0 Å². The van der Waals surface area contributed by atoms with Crippen molar-refractivity contribution in [1.29, 1.82) is 0 Å². The van der Waals surface area contributed by atoms with Gasteiger partial charge in [-0.2, -0.15) is 4.31 Å². The normalized spacial score (nSPS) is 19.8. The molecule has 0 aliphatic carbocycles. The van der Waals surface area contributed by atoms with E-state index in [4.69, 9.17) is 5.73 Å². The molecule has 2 aromatic rings. The van der Waals surface area contributed by atoms with Crippen LogP contribution < -0.4 is 5.73 Å². The molecular formula is C16H19N3O3S. The van der Waals surface area contributed by atoms with E-state index in [1.54, 1.807) is 18.3 Å². The van der Waals surface area contributed by atoms with Crippen LogP contribution in [0.3, 0.4) is 0 Å². The van der Waals surface area contributed by atoms with Gasteiger partial charge in [0.25, 0.3) is 0 Å². The number of fused-ring (bicyclic) bond motifs is 1. The van der Waals surface area contributed by atoms with Gasteiger partial charge in [0, 0.05) is 24.7 Å². The second kappa shape index (κ2) is 5.90. The molecule has 1 aromatic carbocycles. The smallest absolute Gasteiger partial charge is 0.245 e. The van der Waals surface area contributed by atoms with Crippen LogP contribution in [0.15, 0.2) is 35.4 Å². The van der Waals surface area contributed by atoms with Gasteiger partial charge in [-0.1, -0.05) is 12.1 Å². The van der Waals surface area contributed by atoms with E-state index in [0.29, 0.717) is 24.9 Å². The molecule has 0 bridgehead atoms. The van der Waals surface area contributed by atoms with Crippen molar-refractivity contribution in [1.82, 2.24) is 9.29 Å². The summed E-state index contributed by atoms with van der Waals surface area (Å²) in [6.07, 6.45) is 2.92. The quantitative estimate of drug-likeness (QED) is 0.919. The number of aryl methyl sites for hydroxylation is 1. The van der Waals surface area contributed by atoms with Crippen molar-refractivity contribution in [3.63, 3.8) is 0 Å². The second-order valence-corrected chi connectivity index (χ2v) is 7.85. The standard InChI is InChI=1S/C16H19N3O3S/c1-11-8-12-4-2-6-14(15(12)18-9-11)23(21,22)19-7-3-5-13(10-19)16(17)20/h2,4,6,8-9,13H,3,5,7,10H2,1H3,(H2,17,20)/t13-/m0/s1. The predicted molar refractivity (Wildman–Crippen MR) is 87.2 cm³/mol. The van der Waals surface area contributed by atoms with Crippen molar-refractivity contribution in [2.24, 2.45) is 11.7 Å². The number of carbonyl (C=O) groups is 1. The number of hydrogen-bond donors (Lipinski definition) is 1. The minimum absolute atomic E-state index is 0.139. The highest BCUT2D eigenvalue weighted by Gasteiger charge is 2.33. The minimum Gasteiger partial charge on any atom is -0.369 e. The topological polar surface area (TPSA) is 93.4 Å². The van der Waals surface area contributed by atoms with Crippen LogP contribution in [0.1, 0.15) is 18.4 Å². The monoisotopic (exact) mass is 333 g/mol. The van der Waals surface area contributed by atoms with Crippen LogP contribution in [0.4, 0.5) is 0 Å². The van der Waals surface area contributed by atoms with Crippen LogP contribution >= 0.6 is 0 Å². The molecule has 23 heavy (non-hydrogen) atoms. The summed E-state index contributed by atoms with van der Waals surface area (Å²) in [6.45, 7) is 2.45. The number of nitrogens with two attached hydrogens (primary N) is 1. The number of aromatic nitrogens is 1. The first kappa shape index (κ1) is 15.9. The summed E-state index contributed by atoms with van der Waals surface area (Å²) in [6, 6.07) is 7.03. The molecule has 1 atom stereocenters. The molecule has 1 aliphatic rings. The zero-order valence-electron chi connectivity index (χ0n) is 12.9. The van der Waals surface area contributed by atoms with Gasteiger partial charge in [-0.05, 0) is 37.5 Å². The average molecular weight is 333 g/mol. The van der Waals surface area contributed by atoms with Crippen molar-refractivity contribution < 1.29 is 13.2 Å². The van der Waals surface area contributed by atoms with Crippen molar-refractivity contribution >= 4 is 26.8 Å². The van der Waals surface area contributed by atoms with E-state index in [9.17, 15) is 13.2 Å². The van der Waals surface area contributed by atoms with Gasteiger partial charge in [0.2, 0.25) is 15.9 Å². The van der Waals surface area contributed by atoms with Crippen molar-refractivity contribution in [2.75, 3.05) is 13.1 Å². The number of pyridine rings is 1. The molecule has 0 unspecified atom stereocenters. The Kier molecular flexibility index (Phi) is 4.08. The van der Waals surface area contributed by atoms with Gasteiger partial charge in [0.15, 0.2) is 0 Å². The zero-order valence-corrected chi connectivity index (χ0v) is 13.7. The number of sulfonamides is 1. The van der Waals surface area contributed by atoms with Gasteiger partial charge in [-0.3, -0.25) is 9.78 Å². The molecular weight excluding hydrogens is 314 g/mol. The minimum atomic E-state index is -3.70. The fourth-order valence-corrected chi connectivity index (χ4v) is 4.67. The van der Waals surface area contributed by atoms with Gasteiger partial charge in [-0.15, -0.1) is 0 Å². The van der Waals surface area contributed by atoms with Crippen LogP contribution in [0.2, 0.25) is 0 Å². The Morgan fingerprint density at radius 1 is 1.39 bits per heavy atom. The number of amides is 1. The summed E-state index contributed by atoms with van der Waals surface area (Å²) in [5, 5.41) is 0.787. The summed E-state index contributed by atoms with van der Waals surface area (Å²) >= 11 is 0. The van der Waals surface area contributed by atoms with E-state index in [2.05, 4.69) is 4.98 Å². The lowest BCUT2D eigenvalue weighted by Crippen LogP contribution is -2.44. The Bertz CT molecular complexity index is 864. The van der Waals surface area contributed by atoms with Crippen LogP contribution in [-0.2, 0) is 14.8 Å². The van der Waals surface area contributed by atoms with Crippen LogP contribution in [-0.4, -0.2) is 36.7 Å². The third kappa shape index (κ3) is 2.94. The first-order valence-corrected chi connectivity index (χ1v) is 8.98. The van der Waals surface area contributed by atoms with E-state index < -0.39 is 21.8 Å². The lowest BCUT2D eigenvalue weighted by molar-refractivity contribution is -0.122. The van der Waals surface area contributed by atoms with Gasteiger partial charge >= 0.3 is 0 Å². The maximum atomic E-state index is 13.0. The molecule has 2 N–H and O–H groups in total. The van der Waals surface area contributed by atoms with E-state index in [-0.39, 0.29) is 11.4 Å². The number of hydrogen-bond acceptors (Lipinski definition) is 4. The van der Waals surface area contributed by atoms with Gasteiger partial charge in [0.05, 0.1) is 11.4 Å². The Morgan fingerprint density at radius 3 is 2.91 bits per heavy atom. The molecule has 1 aliphatic heterocycles. The molecule has 0 saturated carbocycles. The summed E-state index contributed by atoms with van der Waals surface area (Å²) < 4.78 is 27.3. The molecule has 6 nitrogen and oxygen atoms in total. The molecule has 1 saturated heterocycles. The lowest BCUT2D eigenvalue weighted by atomic mass is 9.99. The van der Waals surface area contributed by atoms with Crippen LogP contribution in [0.25, 0.3) is 10.9 Å². The first-order chi connectivity index (χ1) is 10.9. The van der Waals surface area contributed by atoms with Gasteiger partial charge in [0.1, 0.15) is 4.90 Å². The number of nitrogens with zero attached hydrogens (tertiary/aromatic N) is 2. The number of rotatable bonds is 3. The largest absolute Gasteiger partial charge is 0.369 e. The first-order valence-electron chi connectivity index (χ1n) is 7.54. The van der Waals surface area contributed by atoms with Crippen molar-refractivity contribution in [3.8, 4) is 0 Å². The Morgan fingerprint density at radius 2 is 2.17 bits per heavy atom. The Balaban J connectivity index is 2.04. The molecule has 7 heteroatoms. The van der Waals surface area contributed by atoms with E-state index in [0.717, 1.165) is 10.9 Å². The molecule has 1 aromatic heterocycles. The van der Waals surface area contributed by atoms with Crippen LogP contribution in [0, 0.1) is 12.8 Å². The summed E-state index contributed by atoms with van der Waals surface area (Å²) in [7, 11) is -3.70. The van der Waals surface area contributed by atoms with Crippen molar-refractivity contribution in [3.05, 3.63) is 36.0 Å². The molecule has 3 rings (SSSR count). The molecule has 0 radical (unpaired) electrons. The molecule has 1 amide bonds. The maximum absolute atomic E-state index is 13.0. The number of primary amides is 1. The number of benzene rings is 1. The number of para-hydroxylation sites is 1. The highest BCUT2D eigenvalue weighted by molar-refractivity contribution is 7.89. The molecule has 0 spiro atoms.